The maximum Gasteiger partial charge on any atom is 0.257 e. The van der Waals surface area contributed by atoms with Gasteiger partial charge < -0.3 is 24.6 Å². The van der Waals surface area contributed by atoms with Crippen LogP contribution < -0.4 is 10.1 Å². The van der Waals surface area contributed by atoms with Gasteiger partial charge in [-0.2, -0.15) is 0 Å². The van der Waals surface area contributed by atoms with Gasteiger partial charge >= 0.3 is 0 Å². The van der Waals surface area contributed by atoms with E-state index < -0.39 is 0 Å². The first kappa shape index (κ1) is 26.6. The third kappa shape index (κ3) is 6.65. The van der Waals surface area contributed by atoms with Crippen LogP contribution in [0.5, 0.6) is 5.75 Å². The van der Waals surface area contributed by atoms with Crippen LogP contribution in [0.1, 0.15) is 42.7 Å². The number of hydrogen-bond acceptors (Lipinski definition) is 6. The van der Waals surface area contributed by atoms with E-state index in [1.54, 1.807) is 43.5 Å². The number of nitrogens with one attached hydrogen (secondary N) is 1. The molecule has 1 aliphatic carbocycles. The Balaban J connectivity index is 1.61. The first-order chi connectivity index (χ1) is 17.8. The van der Waals surface area contributed by atoms with Gasteiger partial charge in [0.1, 0.15) is 12.4 Å². The summed E-state index contributed by atoms with van der Waals surface area (Å²) in [7, 11) is 3.34. The van der Waals surface area contributed by atoms with Crippen LogP contribution in [0.3, 0.4) is 0 Å². The van der Waals surface area contributed by atoms with Gasteiger partial charge in [0.2, 0.25) is 11.8 Å². The van der Waals surface area contributed by atoms with E-state index in [2.05, 4.69) is 10.3 Å². The molecular weight excluding hydrogens is 472 g/mol. The normalized spacial score (nSPS) is 22.8. The summed E-state index contributed by atoms with van der Waals surface area (Å²) >= 11 is 0. The molecule has 2 aliphatic rings. The molecule has 2 aromatic rings. The highest BCUT2D eigenvalue weighted by molar-refractivity contribution is 6.00. The fourth-order valence-corrected chi connectivity index (χ4v) is 4.55. The van der Waals surface area contributed by atoms with E-state index in [1.807, 2.05) is 36.9 Å². The van der Waals surface area contributed by atoms with Crippen LogP contribution >= 0.6 is 0 Å². The van der Waals surface area contributed by atoms with Crippen LogP contribution in [0, 0.1) is 11.8 Å². The molecule has 1 saturated carbocycles. The molecule has 1 aromatic carbocycles. The molecule has 1 aromatic heterocycles. The van der Waals surface area contributed by atoms with Crippen LogP contribution in [-0.4, -0.2) is 78.5 Å². The Hall–Kier alpha value is -3.46. The van der Waals surface area contributed by atoms with Crippen molar-refractivity contribution in [3.63, 3.8) is 0 Å². The topological polar surface area (TPSA) is 101 Å². The summed E-state index contributed by atoms with van der Waals surface area (Å²) in [5.74, 6) is 0.125. The Morgan fingerprint density at radius 1 is 1.16 bits per heavy atom. The number of fused-ring (bicyclic) bond motifs is 1. The van der Waals surface area contributed by atoms with Gasteiger partial charge in [0.05, 0.1) is 24.1 Å². The Morgan fingerprint density at radius 3 is 2.62 bits per heavy atom. The SMILES string of the molecule is CO[C@H]1CN(C)C(=O)c2cc(NC(=O)C3CC3)ccc2OC[C@@H](C)N(C(=O)Cc2ccccn2)C[C@@H]1C. The van der Waals surface area contributed by atoms with Crippen LogP contribution in [0.2, 0.25) is 0 Å². The van der Waals surface area contributed by atoms with Gasteiger partial charge in [-0.05, 0) is 50.1 Å². The van der Waals surface area contributed by atoms with Gasteiger partial charge in [0.15, 0.2) is 0 Å². The number of pyridine rings is 1. The number of likely N-dealkylation sites (N-methyl/N-ethyl adjacent to an activating group) is 1. The Bertz CT molecular complexity index is 1120. The number of ether oxygens (including phenoxy) is 2. The number of nitrogens with zero attached hydrogens (tertiary/aromatic N) is 3. The van der Waals surface area contributed by atoms with E-state index >= 15 is 0 Å². The number of carbonyl (C=O) groups excluding carboxylic acids is 3. The molecule has 9 nitrogen and oxygen atoms in total. The number of aromatic nitrogens is 1. The number of benzene rings is 1. The van der Waals surface area contributed by atoms with Gasteiger partial charge in [-0.3, -0.25) is 19.4 Å². The average molecular weight is 509 g/mol. The minimum absolute atomic E-state index is 0.0289. The monoisotopic (exact) mass is 508 g/mol. The standard InChI is InChI=1S/C28H36N4O5/c1-18-15-32(26(33)14-21-7-5-6-12-29-21)19(2)17-37-24-11-10-22(30-27(34)20-8-9-20)13-23(24)28(35)31(3)16-25(18)36-4/h5-7,10-13,18-20,25H,8-9,14-17H2,1-4H3,(H,30,34)/t18-,19+,25-/m0/s1. The zero-order valence-electron chi connectivity index (χ0n) is 22.0. The van der Waals surface area contributed by atoms with E-state index in [9.17, 15) is 14.4 Å². The lowest BCUT2D eigenvalue weighted by molar-refractivity contribution is -0.134. The fourth-order valence-electron chi connectivity index (χ4n) is 4.55. The van der Waals surface area contributed by atoms with E-state index in [0.717, 1.165) is 12.8 Å². The molecule has 1 aliphatic heterocycles. The molecule has 1 fully saturated rings. The van der Waals surface area contributed by atoms with Crippen molar-refractivity contribution in [1.82, 2.24) is 14.8 Å². The highest BCUT2D eigenvalue weighted by atomic mass is 16.5. The summed E-state index contributed by atoms with van der Waals surface area (Å²) in [4.78, 5) is 46.9. The second kappa shape index (κ2) is 11.7. The second-order valence-electron chi connectivity index (χ2n) is 10.1. The largest absolute Gasteiger partial charge is 0.491 e. The molecule has 0 saturated heterocycles. The molecule has 37 heavy (non-hydrogen) atoms. The zero-order chi connectivity index (χ0) is 26.5. The lowest BCUT2D eigenvalue weighted by atomic mass is 10.0. The Labute approximate surface area is 218 Å². The van der Waals surface area contributed by atoms with Crippen molar-refractivity contribution in [2.75, 3.05) is 39.2 Å². The van der Waals surface area contributed by atoms with Crippen LogP contribution in [0.25, 0.3) is 0 Å². The quantitative estimate of drug-likeness (QED) is 0.666. The minimum Gasteiger partial charge on any atom is -0.491 e. The van der Waals surface area contributed by atoms with Crippen LogP contribution in [-0.2, 0) is 20.7 Å². The molecule has 198 valence electrons. The maximum absolute atomic E-state index is 13.5. The molecule has 0 bridgehead atoms. The molecule has 2 heterocycles. The summed E-state index contributed by atoms with van der Waals surface area (Å²) in [5.41, 5.74) is 1.63. The third-order valence-corrected chi connectivity index (χ3v) is 7.04. The Kier molecular flexibility index (Phi) is 8.43. The molecule has 3 amide bonds. The first-order valence-corrected chi connectivity index (χ1v) is 12.8. The van der Waals surface area contributed by atoms with Gasteiger partial charge in [0, 0.05) is 56.7 Å². The summed E-state index contributed by atoms with van der Waals surface area (Å²) < 4.78 is 11.9. The summed E-state index contributed by atoms with van der Waals surface area (Å²) in [6.07, 6.45) is 3.37. The number of rotatable bonds is 5. The van der Waals surface area contributed by atoms with Crippen molar-refractivity contribution < 1.29 is 23.9 Å². The summed E-state index contributed by atoms with van der Waals surface area (Å²) in [6, 6.07) is 10.4. The number of amides is 3. The third-order valence-electron chi connectivity index (χ3n) is 7.04. The highest BCUT2D eigenvalue weighted by Crippen LogP contribution is 2.31. The van der Waals surface area contributed by atoms with Gasteiger partial charge in [0.25, 0.3) is 5.91 Å². The molecular formula is C28H36N4O5. The number of hydrogen-bond donors (Lipinski definition) is 1. The van der Waals surface area contributed by atoms with Crippen LogP contribution in [0.4, 0.5) is 5.69 Å². The smallest absolute Gasteiger partial charge is 0.257 e. The lowest BCUT2D eigenvalue weighted by Crippen LogP contribution is -2.49. The fraction of sp³-hybridized carbons (Fsp3) is 0.500. The number of methoxy groups -OCH3 is 1. The second-order valence-corrected chi connectivity index (χ2v) is 10.1. The van der Waals surface area contributed by atoms with E-state index in [4.69, 9.17) is 9.47 Å². The van der Waals surface area contributed by atoms with Crippen molar-refractivity contribution in [3.05, 3.63) is 53.9 Å². The highest BCUT2D eigenvalue weighted by Gasteiger charge is 2.32. The molecule has 9 heteroatoms. The van der Waals surface area contributed by atoms with Crippen molar-refractivity contribution in [3.8, 4) is 5.75 Å². The predicted octanol–water partition coefficient (Wildman–Crippen LogP) is 3.01. The van der Waals surface area contributed by atoms with Crippen molar-refractivity contribution in [2.24, 2.45) is 11.8 Å². The van der Waals surface area contributed by atoms with Crippen molar-refractivity contribution >= 4 is 23.4 Å². The number of carbonyl (C=O) groups is 3. The maximum atomic E-state index is 13.5. The average Bonchev–Trinajstić information content (AvgIpc) is 3.74. The van der Waals surface area contributed by atoms with Crippen LogP contribution in [0.15, 0.2) is 42.6 Å². The zero-order valence-corrected chi connectivity index (χ0v) is 22.0. The summed E-state index contributed by atoms with van der Waals surface area (Å²) in [6.45, 7) is 4.96. The molecule has 0 radical (unpaired) electrons. The van der Waals surface area contributed by atoms with E-state index in [0.29, 0.717) is 35.8 Å². The molecule has 0 spiro atoms. The van der Waals surface area contributed by atoms with Gasteiger partial charge in [-0.1, -0.05) is 13.0 Å². The first-order valence-electron chi connectivity index (χ1n) is 12.8. The molecule has 1 N–H and O–H groups in total. The lowest BCUT2D eigenvalue weighted by Gasteiger charge is -2.36. The molecule has 0 unspecified atom stereocenters. The molecule has 4 rings (SSSR count). The van der Waals surface area contributed by atoms with E-state index in [-0.39, 0.29) is 54.7 Å². The van der Waals surface area contributed by atoms with E-state index in [1.165, 1.54) is 0 Å². The van der Waals surface area contributed by atoms with Gasteiger partial charge in [-0.25, -0.2) is 0 Å². The predicted molar refractivity (Wildman–Crippen MR) is 139 cm³/mol. The molecule has 3 atom stereocenters. The van der Waals surface area contributed by atoms with Gasteiger partial charge in [-0.15, -0.1) is 0 Å². The van der Waals surface area contributed by atoms with Crippen molar-refractivity contribution in [2.45, 2.75) is 45.3 Å². The van der Waals surface area contributed by atoms with Crippen molar-refractivity contribution in [1.29, 1.82) is 0 Å². The number of anilines is 1. The minimum atomic E-state index is -0.284. The Morgan fingerprint density at radius 2 is 1.95 bits per heavy atom. The summed E-state index contributed by atoms with van der Waals surface area (Å²) in [5, 5.41) is 2.91.